The van der Waals surface area contributed by atoms with E-state index in [1.165, 1.54) is 5.56 Å². The Morgan fingerprint density at radius 3 is 2.83 bits per heavy atom. The van der Waals surface area contributed by atoms with Gasteiger partial charge in [0.25, 0.3) is 0 Å². The van der Waals surface area contributed by atoms with Gasteiger partial charge in [0.2, 0.25) is 0 Å². The molecule has 0 saturated carbocycles. The zero-order valence-corrected chi connectivity index (χ0v) is 11.4. The Balaban J connectivity index is 2.08. The van der Waals surface area contributed by atoms with Crippen molar-refractivity contribution >= 4 is 0 Å². The summed E-state index contributed by atoms with van der Waals surface area (Å²) in [5.41, 5.74) is 1.22. The minimum atomic E-state index is 0.558. The van der Waals surface area contributed by atoms with E-state index in [-0.39, 0.29) is 0 Å². The highest BCUT2D eigenvalue weighted by Crippen LogP contribution is 2.25. The molecule has 4 nitrogen and oxygen atoms in total. The molecule has 0 amide bonds. The van der Waals surface area contributed by atoms with E-state index in [1.807, 2.05) is 12.1 Å². The largest absolute Gasteiger partial charge is 0.497 e. The second-order valence-corrected chi connectivity index (χ2v) is 4.77. The summed E-state index contributed by atoms with van der Waals surface area (Å²) in [6.07, 6.45) is 0. The molecule has 0 radical (unpaired) electrons. The third-order valence-corrected chi connectivity index (χ3v) is 3.34. The van der Waals surface area contributed by atoms with E-state index in [2.05, 4.69) is 23.2 Å². The molecule has 0 aromatic heterocycles. The fraction of sp³-hybridized carbons (Fsp3) is 0.571. The Kier molecular flexibility index (Phi) is 4.44. The van der Waals surface area contributed by atoms with Crippen molar-refractivity contribution in [2.24, 2.45) is 0 Å². The number of ether oxygens (including phenoxy) is 2. The molecule has 1 aromatic rings. The van der Waals surface area contributed by atoms with Gasteiger partial charge in [0.1, 0.15) is 11.5 Å². The maximum atomic E-state index is 5.43. The molecule has 1 aliphatic heterocycles. The zero-order chi connectivity index (χ0) is 13.0. The monoisotopic (exact) mass is 250 g/mol. The van der Waals surface area contributed by atoms with Crippen LogP contribution in [0.1, 0.15) is 12.5 Å². The van der Waals surface area contributed by atoms with Gasteiger partial charge in [-0.25, -0.2) is 0 Å². The van der Waals surface area contributed by atoms with Crippen molar-refractivity contribution in [3.63, 3.8) is 0 Å². The first-order chi connectivity index (χ1) is 8.72. The minimum absolute atomic E-state index is 0.558. The maximum absolute atomic E-state index is 5.43. The highest BCUT2D eigenvalue weighted by molar-refractivity contribution is 5.40. The number of hydrogen-bond donors (Lipinski definition) is 1. The Hall–Kier alpha value is -1.26. The van der Waals surface area contributed by atoms with E-state index >= 15 is 0 Å². The molecular formula is C14H22N2O2. The number of rotatable bonds is 4. The number of hydrogen-bond acceptors (Lipinski definition) is 4. The van der Waals surface area contributed by atoms with Crippen LogP contribution >= 0.6 is 0 Å². The van der Waals surface area contributed by atoms with Crippen molar-refractivity contribution < 1.29 is 9.47 Å². The van der Waals surface area contributed by atoms with Crippen LogP contribution in [0.2, 0.25) is 0 Å². The highest BCUT2D eigenvalue weighted by atomic mass is 16.5. The molecule has 1 atom stereocenters. The summed E-state index contributed by atoms with van der Waals surface area (Å²) in [6, 6.07) is 6.58. The van der Waals surface area contributed by atoms with Gasteiger partial charge in [-0.2, -0.15) is 0 Å². The van der Waals surface area contributed by atoms with E-state index in [1.54, 1.807) is 14.2 Å². The van der Waals surface area contributed by atoms with Crippen LogP contribution in [-0.2, 0) is 6.54 Å². The van der Waals surface area contributed by atoms with Gasteiger partial charge in [0.15, 0.2) is 0 Å². The molecule has 1 heterocycles. The predicted octanol–water partition coefficient (Wildman–Crippen LogP) is 1.50. The fourth-order valence-electron chi connectivity index (χ4n) is 2.38. The Morgan fingerprint density at radius 2 is 2.17 bits per heavy atom. The smallest absolute Gasteiger partial charge is 0.127 e. The number of nitrogens with zero attached hydrogens (tertiary/aromatic N) is 1. The number of benzene rings is 1. The molecule has 100 valence electrons. The number of nitrogens with one attached hydrogen (secondary N) is 1. The van der Waals surface area contributed by atoms with Crippen molar-refractivity contribution in [2.75, 3.05) is 33.9 Å². The molecule has 2 rings (SSSR count). The second kappa shape index (κ2) is 6.07. The molecular weight excluding hydrogens is 228 g/mol. The fourth-order valence-corrected chi connectivity index (χ4v) is 2.38. The van der Waals surface area contributed by atoms with Crippen LogP contribution in [0.4, 0.5) is 0 Å². The summed E-state index contributed by atoms with van der Waals surface area (Å²) in [5.74, 6) is 1.74. The quantitative estimate of drug-likeness (QED) is 0.878. The molecule has 4 heteroatoms. The molecule has 1 aromatic carbocycles. The van der Waals surface area contributed by atoms with Crippen molar-refractivity contribution in [2.45, 2.75) is 19.5 Å². The number of methoxy groups -OCH3 is 2. The maximum Gasteiger partial charge on any atom is 0.127 e. The molecule has 1 fully saturated rings. The van der Waals surface area contributed by atoms with Crippen LogP contribution in [0.15, 0.2) is 18.2 Å². The lowest BCUT2D eigenvalue weighted by molar-refractivity contribution is 0.197. The first-order valence-corrected chi connectivity index (χ1v) is 6.39. The Bertz CT molecular complexity index is 395. The normalized spacial score (nSPS) is 20.7. The minimum Gasteiger partial charge on any atom is -0.497 e. The molecule has 0 unspecified atom stereocenters. The van der Waals surface area contributed by atoms with E-state index in [0.717, 1.165) is 37.7 Å². The van der Waals surface area contributed by atoms with E-state index in [0.29, 0.717) is 6.04 Å². The molecule has 1 N–H and O–H groups in total. The second-order valence-electron chi connectivity index (χ2n) is 4.77. The molecule has 1 aliphatic rings. The van der Waals surface area contributed by atoms with Crippen LogP contribution in [0, 0.1) is 0 Å². The lowest BCUT2D eigenvalue weighted by atomic mass is 10.1. The Labute approximate surface area is 109 Å². The lowest BCUT2D eigenvalue weighted by Crippen LogP contribution is -2.48. The van der Waals surface area contributed by atoms with Gasteiger partial charge in [0.05, 0.1) is 14.2 Å². The molecule has 18 heavy (non-hydrogen) atoms. The average Bonchev–Trinajstić information content (AvgIpc) is 2.39. The van der Waals surface area contributed by atoms with Gasteiger partial charge in [-0.3, -0.25) is 4.90 Å². The van der Waals surface area contributed by atoms with Crippen LogP contribution in [-0.4, -0.2) is 44.8 Å². The summed E-state index contributed by atoms with van der Waals surface area (Å²) >= 11 is 0. The van der Waals surface area contributed by atoms with Gasteiger partial charge >= 0.3 is 0 Å². The van der Waals surface area contributed by atoms with E-state index in [4.69, 9.17) is 9.47 Å². The first kappa shape index (κ1) is 13.2. The van der Waals surface area contributed by atoms with Crippen LogP contribution in [0.25, 0.3) is 0 Å². The summed E-state index contributed by atoms with van der Waals surface area (Å²) in [6.45, 7) is 6.37. The van der Waals surface area contributed by atoms with E-state index < -0.39 is 0 Å². The van der Waals surface area contributed by atoms with Gasteiger partial charge in [-0.05, 0) is 13.0 Å². The molecule has 0 aliphatic carbocycles. The molecule has 0 spiro atoms. The van der Waals surface area contributed by atoms with Crippen LogP contribution in [0.3, 0.4) is 0 Å². The van der Waals surface area contributed by atoms with Crippen molar-refractivity contribution in [1.82, 2.24) is 10.2 Å². The third-order valence-electron chi connectivity index (χ3n) is 3.34. The highest BCUT2D eigenvalue weighted by Gasteiger charge is 2.17. The van der Waals surface area contributed by atoms with Crippen molar-refractivity contribution in [3.05, 3.63) is 23.8 Å². The van der Waals surface area contributed by atoms with Crippen LogP contribution < -0.4 is 14.8 Å². The first-order valence-electron chi connectivity index (χ1n) is 6.39. The Morgan fingerprint density at radius 1 is 1.33 bits per heavy atom. The molecule has 1 saturated heterocycles. The summed E-state index contributed by atoms with van der Waals surface area (Å²) in [4.78, 5) is 2.45. The zero-order valence-electron chi connectivity index (χ0n) is 11.4. The van der Waals surface area contributed by atoms with Crippen molar-refractivity contribution in [3.8, 4) is 11.5 Å². The van der Waals surface area contributed by atoms with Crippen LogP contribution in [0.5, 0.6) is 11.5 Å². The topological polar surface area (TPSA) is 33.7 Å². The van der Waals surface area contributed by atoms with Gasteiger partial charge < -0.3 is 14.8 Å². The summed E-state index contributed by atoms with van der Waals surface area (Å²) < 4.78 is 10.6. The standard InChI is InChI=1S/C14H22N2O2/c1-11-9-16(7-6-15-11)10-12-4-5-13(17-2)8-14(12)18-3/h4-5,8,11,15H,6-7,9-10H2,1-3H3/t11-/m0/s1. The summed E-state index contributed by atoms with van der Waals surface area (Å²) in [7, 11) is 3.38. The van der Waals surface area contributed by atoms with Gasteiger partial charge in [-0.1, -0.05) is 6.07 Å². The SMILES string of the molecule is COc1ccc(CN2CCN[C@@H](C)C2)c(OC)c1. The number of piperazine rings is 1. The van der Waals surface area contributed by atoms with Crippen molar-refractivity contribution in [1.29, 1.82) is 0 Å². The summed E-state index contributed by atoms with van der Waals surface area (Å²) in [5, 5.41) is 3.45. The van der Waals surface area contributed by atoms with Gasteiger partial charge in [0, 0.05) is 43.9 Å². The van der Waals surface area contributed by atoms with E-state index in [9.17, 15) is 0 Å². The molecule has 0 bridgehead atoms. The third kappa shape index (κ3) is 3.15. The van der Waals surface area contributed by atoms with Gasteiger partial charge in [-0.15, -0.1) is 0 Å². The lowest BCUT2D eigenvalue weighted by Gasteiger charge is -2.32. The average molecular weight is 250 g/mol. The predicted molar refractivity (Wildman–Crippen MR) is 72.3 cm³/mol.